The maximum atomic E-state index is 13.3. The van der Waals surface area contributed by atoms with E-state index in [1.165, 1.54) is 19.8 Å². The van der Waals surface area contributed by atoms with Gasteiger partial charge in [0.15, 0.2) is 18.7 Å². The van der Waals surface area contributed by atoms with Crippen molar-refractivity contribution in [2.75, 3.05) is 27.4 Å². The first-order chi connectivity index (χ1) is 18.0. The molecule has 4 aliphatic rings. The standard InChI is InChI=1S/C29H43NO8/c1-27-12-9-19(31)15-18(27)5-6-20-21(27)10-13-28(2)22(20)11-14-29(28,35)23(32)17-38-25(34)8-7-24(33)30-16-26(36-3)37-4/h15,20-22,26,35H,5-14,16-17H2,1-4H3,(H,30,33)/t20?,21?,22?,27-,28-,29-/m0/s1. The van der Waals surface area contributed by atoms with Gasteiger partial charge in [-0.25, -0.2) is 0 Å². The molecule has 0 aromatic rings. The van der Waals surface area contributed by atoms with E-state index in [-0.39, 0.29) is 42.4 Å². The van der Waals surface area contributed by atoms with Crippen LogP contribution in [0.25, 0.3) is 0 Å². The van der Waals surface area contributed by atoms with Crippen molar-refractivity contribution < 1.29 is 38.5 Å². The average Bonchev–Trinajstić information content (AvgIpc) is 3.18. The summed E-state index contributed by atoms with van der Waals surface area (Å²) in [6.07, 6.45) is 7.23. The fourth-order valence-corrected chi connectivity index (χ4v) is 8.14. The molecule has 4 aliphatic carbocycles. The van der Waals surface area contributed by atoms with Gasteiger partial charge in [0.2, 0.25) is 11.7 Å². The molecular weight excluding hydrogens is 490 g/mol. The fourth-order valence-electron chi connectivity index (χ4n) is 8.14. The number of ketones is 2. The summed E-state index contributed by atoms with van der Waals surface area (Å²) in [5.41, 5.74) is -0.784. The van der Waals surface area contributed by atoms with E-state index in [0.717, 1.165) is 38.5 Å². The monoisotopic (exact) mass is 533 g/mol. The Hall–Kier alpha value is -2.10. The van der Waals surface area contributed by atoms with Crippen molar-refractivity contribution in [2.45, 2.75) is 89.9 Å². The van der Waals surface area contributed by atoms with Crippen molar-refractivity contribution in [3.8, 4) is 0 Å². The number of ether oxygens (including phenoxy) is 3. The van der Waals surface area contributed by atoms with Crippen LogP contribution < -0.4 is 5.32 Å². The van der Waals surface area contributed by atoms with E-state index in [4.69, 9.17) is 14.2 Å². The summed E-state index contributed by atoms with van der Waals surface area (Å²) in [5, 5.41) is 14.4. The minimum Gasteiger partial charge on any atom is -0.458 e. The molecule has 0 bridgehead atoms. The number of nitrogens with one attached hydrogen (secondary N) is 1. The quantitative estimate of drug-likeness (QED) is 0.324. The van der Waals surface area contributed by atoms with E-state index in [0.29, 0.717) is 24.7 Å². The molecule has 0 heterocycles. The zero-order chi connectivity index (χ0) is 27.7. The number of rotatable bonds is 10. The van der Waals surface area contributed by atoms with E-state index in [1.54, 1.807) is 0 Å². The number of carbonyl (C=O) groups excluding carboxylic acids is 4. The number of aliphatic hydroxyl groups is 1. The third kappa shape index (κ3) is 5.09. The van der Waals surface area contributed by atoms with Crippen LogP contribution in [0.15, 0.2) is 11.6 Å². The van der Waals surface area contributed by atoms with Crippen LogP contribution in [0, 0.1) is 28.6 Å². The highest BCUT2D eigenvalue weighted by molar-refractivity contribution is 5.92. The molecule has 1 amide bonds. The lowest BCUT2D eigenvalue weighted by Gasteiger charge is -2.58. The number of hydrogen-bond acceptors (Lipinski definition) is 8. The summed E-state index contributed by atoms with van der Waals surface area (Å²) in [4.78, 5) is 49.6. The average molecular weight is 534 g/mol. The van der Waals surface area contributed by atoms with Gasteiger partial charge >= 0.3 is 5.97 Å². The first kappa shape index (κ1) is 28.9. The van der Waals surface area contributed by atoms with Gasteiger partial charge < -0.3 is 24.6 Å². The normalized spacial score (nSPS) is 36.1. The molecule has 0 saturated heterocycles. The molecule has 9 heteroatoms. The van der Waals surface area contributed by atoms with Crippen molar-refractivity contribution in [3.63, 3.8) is 0 Å². The van der Waals surface area contributed by atoms with Crippen LogP contribution in [0.1, 0.15) is 78.1 Å². The molecule has 0 aromatic carbocycles. The molecule has 2 N–H and O–H groups in total. The molecular formula is C29H43NO8. The van der Waals surface area contributed by atoms with Crippen molar-refractivity contribution >= 4 is 23.4 Å². The van der Waals surface area contributed by atoms with Gasteiger partial charge in [0, 0.05) is 32.5 Å². The SMILES string of the molecule is COC(CNC(=O)CCC(=O)OCC(=O)[C@@]1(O)CCC2C3CCC4=CC(=O)CC[C@]4(C)C3CC[C@@]21C)OC. The molecule has 3 saturated carbocycles. The van der Waals surface area contributed by atoms with Crippen LogP contribution in [0.2, 0.25) is 0 Å². The number of amides is 1. The summed E-state index contributed by atoms with van der Waals surface area (Å²) in [5.74, 6) is -0.141. The Morgan fingerprint density at radius 2 is 1.74 bits per heavy atom. The van der Waals surface area contributed by atoms with E-state index >= 15 is 0 Å². The third-order valence-electron chi connectivity index (χ3n) is 10.5. The Bertz CT molecular complexity index is 989. The van der Waals surface area contributed by atoms with E-state index < -0.39 is 35.7 Å². The molecule has 38 heavy (non-hydrogen) atoms. The second-order valence-electron chi connectivity index (χ2n) is 12.1. The predicted molar refractivity (Wildman–Crippen MR) is 138 cm³/mol. The number of carbonyl (C=O) groups is 4. The van der Waals surface area contributed by atoms with E-state index in [2.05, 4.69) is 12.2 Å². The molecule has 4 rings (SSSR count). The second-order valence-corrected chi connectivity index (χ2v) is 12.1. The number of fused-ring (bicyclic) bond motifs is 5. The Labute approximate surface area is 225 Å². The van der Waals surface area contributed by atoms with Crippen LogP contribution in [-0.4, -0.2) is 67.8 Å². The van der Waals surface area contributed by atoms with Crippen molar-refractivity contribution in [2.24, 2.45) is 28.6 Å². The number of allylic oxidation sites excluding steroid dienone is 1. The van der Waals surface area contributed by atoms with Crippen molar-refractivity contribution in [1.29, 1.82) is 0 Å². The first-order valence-corrected chi connectivity index (χ1v) is 14.0. The zero-order valence-electron chi connectivity index (χ0n) is 23.2. The molecule has 0 spiro atoms. The van der Waals surface area contributed by atoms with E-state index in [9.17, 15) is 24.3 Å². The third-order valence-corrected chi connectivity index (χ3v) is 10.5. The molecule has 3 fully saturated rings. The lowest BCUT2D eigenvalue weighted by Crippen LogP contribution is -2.58. The van der Waals surface area contributed by atoms with Crippen LogP contribution in [0.3, 0.4) is 0 Å². The number of esters is 1. The molecule has 212 valence electrons. The van der Waals surface area contributed by atoms with Gasteiger partial charge in [-0.1, -0.05) is 19.4 Å². The first-order valence-electron chi connectivity index (χ1n) is 14.0. The molecule has 3 unspecified atom stereocenters. The van der Waals surface area contributed by atoms with Gasteiger partial charge in [-0.3, -0.25) is 19.2 Å². The predicted octanol–water partition coefficient (Wildman–Crippen LogP) is 2.88. The summed E-state index contributed by atoms with van der Waals surface area (Å²) < 4.78 is 15.2. The van der Waals surface area contributed by atoms with Crippen LogP contribution in [0.4, 0.5) is 0 Å². The Kier molecular flexibility index (Phi) is 8.50. The van der Waals surface area contributed by atoms with Crippen LogP contribution in [0.5, 0.6) is 0 Å². The van der Waals surface area contributed by atoms with Crippen LogP contribution >= 0.6 is 0 Å². The zero-order valence-corrected chi connectivity index (χ0v) is 23.2. The lowest BCUT2D eigenvalue weighted by atomic mass is 9.46. The van der Waals surface area contributed by atoms with Gasteiger partial charge in [-0.15, -0.1) is 0 Å². The van der Waals surface area contributed by atoms with Gasteiger partial charge in [-0.05, 0) is 74.2 Å². The minimum atomic E-state index is -1.53. The smallest absolute Gasteiger partial charge is 0.306 e. The molecule has 0 aromatic heterocycles. The largest absolute Gasteiger partial charge is 0.458 e. The van der Waals surface area contributed by atoms with Gasteiger partial charge in [0.1, 0.15) is 5.60 Å². The fraction of sp³-hybridized carbons (Fsp3) is 0.793. The number of Topliss-reactive ketones (excluding diaryl/α,β-unsaturated/α-hetero) is 1. The summed E-state index contributed by atoms with van der Waals surface area (Å²) in [6, 6.07) is 0. The molecule has 0 radical (unpaired) electrons. The molecule has 6 atom stereocenters. The van der Waals surface area contributed by atoms with Crippen molar-refractivity contribution in [1.82, 2.24) is 5.32 Å². The maximum Gasteiger partial charge on any atom is 0.306 e. The summed E-state index contributed by atoms with van der Waals surface area (Å²) in [6.45, 7) is 4.01. The van der Waals surface area contributed by atoms with Crippen LogP contribution in [-0.2, 0) is 33.4 Å². The van der Waals surface area contributed by atoms with Gasteiger partial charge in [0.05, 0.1) is 13.0 Å². The highest BCUT2D eigenvalue weighted by atomic mass is 16.7. The summed E-state index contributed by atoms with van der Waals surface area (Å²) >= 11 is 0. The number of methoxy groups -OCH3 is 2. The van der Waals surface area contributed by atoms with E-state index in [1.807, 2.05) is 13.0 Å². The van der Waals surface area contributed by atoms with Gasteiger partial charge in [-0.2, -0.15) is 0 Å². The Morgan fingerprint density at radius 1 is 1.03 bits per heavy atom. The highest BCUT2D eigenvalue weighted by Crippen LogP contribution is 2.67. The molecule has 0 aliphatic heterocycles. The van der Waals surface area contributed by atoms with Gasteiger partial charge in [0.25, 0.3) is 0 Å². The minimum absolute atomic E-state index is 0.0265. The number of hydrogen-bond donors (Lipinski definition) is 2. The maximum absolute atomic E-state index is 13.3. The Morgan fingerprint density at radius 3 is 2.45 bits per heavy atom. The summed E-state index contributed by atoms with van der Waals surface area (Å²) in [7, 11) is 2.92. The highest BCUT2D eigenvalue weighted by Gasteiger charge is 2.66. The topological polar surface area (TPSA) is 128 Å². The lowest BCUT2D eigenvalue weighted by molar-refractivity contribution is -0.170. The van der Waals surface area contributed by atoms with Crippen molar-refractivity contribution in [3.05, 3.63) is 11.6 Å². The Balaban J connectivity index is 1.33. The molecule has 9 nitrogen and oxygen atoms in total. The second kappa shape index (κ2) is 11.2.